The molecule has 0 aromatic carbocycles. The van der Waals surface area contributed by atoms with Gasteiger partial charge in [0.05, 0.1) is 12.8 Å². The highest BCUT2D eigenvalue weighted by molar-refractivity contribution is 5.88. The van der Waals surface area contributed by atoms with E-state index < -0.39 is 5.97 Å². The molecule has 1 aromatic heterocycles. The zero-order chi connectivity index (χ0) is 12.0. The number of hydrogen-bond acceptors (Lipinski definition) is 4. The third-order valence-electron chi connectivity index (χ3n) is 2.52. The first-order chi connectivity index (χ1) is 7.74. The highest BCUT2D eigenvalue weighted by Gasteiger charge is 2.18. The summed E-state index contributed by atoms with van der Waals surface area (Å²) in [6.07, 6.45) is 4.13. The lowest BCUT2D eigenvalue weighted by atomic mass is 10.2. The zero-order valence-corrected chi connectivity index (χ0v) is 10.2. The van der Waals surface area contributed by atoms with E-state index in [0.717, 1.165) is 31.5 Å². The standard InChI is InChI=1S/C11H19N3O2/c1-4-6-7-8-14-9(5-2)10(12-13-14)11(15)16-3/h4-8H2,1-3H3. The molecule has 90 valence electrons. The summed E-state index contributed by atoms with van der Waals surface area (Å²) in [6.45, 7) is 4.96. The molecule has 1 rings (SSSR count). The second-order valence-corrected chi connectivity index (χ2v) is 3.66. The molecule has 0 spiro atoms. The Kier molecular flexibility index (Phi) is 4.95. The predicted molar refractivity (Wildman–Crippen MR) is 60.3 cm³/mol. The summed E-state index contributed by atoms with van der Waals surface area (Å²) in [6, 6.07) is 0. The van der Waals surface area contributed by atoms with Crippen molar-refractivity contribution >= 4 is 5.97 Å². The van der Waals surface area contributed by atoms with Crippen LogP contribution in [0.4, 0.5) is 0 Å². The van der Waals surface area contributed by atoms with E-state index in [1.165, 1.54) is 13.5 Å². The Morgan fingerprint density at radius 3 is 2.69 bits per heavy atom. The molecule has 0 aliphatic heterocycles. The number of unbranched alkanes of at least 4 members (excludes halogenated alkanes) is 2. The van der Waals surface area contributed by atoms with Crippen molar-refractivity contribution in [2.45, 2.75) is 46.1 Å². The van der Waals surface area contributed by atoms with Gasteiger partial charge in [-0.05, 0) is 12.8 Å². The van der Waals surface area contributed by atoms with Gasteiger partial charge in [0, 0.05) is 6.54 Å². The fourth-order valence-electron chi connectivity index (χ4n) is 1.63. The van der Waals surface area contributed by atoms with Crippen LogP contribution in [0.25, 0.3) is 0 Å². The quantitative estimate of drug-likeness (QED) is 0.547. The normalized spacial score (nSPS) is 10.4. The van der Waals surface area contributed by atoms with E-state index in [2.05, 4.69) is 22.0 Å². The molecule has 1 heterocycles. The molecular formula is C11H19N3O2. The van der Waals surface area contributed by atoms with E-state index in [0.29, 0.717) is 5.69 Å². The Bertz CT molecular complexity index is 347. The van der Waals surface area contributed by atoms with E-state index in [4.69, 9.17) is 0 Å². The van der Waals surface area contributed by atoms with E-state index in [1.807, 2.05) is 11.6 Å². The number of aromatic nitrogens is 3. The number of carbonyl (C=O) groups is 1. The molecule has 0 unspecified atom stereocenters. The molecule has 0 N–H and O–H groups in total. The fourth-order valence-corrected chi connectivity index (χ4v) is 1.63. The zero-order valence-electron chi connectivity index (χ0n) is 10.2. The average Bonchev–Trinajstić information content (AvgIpc) is 2.71. The van der Waals surface area contributed by atoms with Crippen molar-refractivity contribution in [3.8, 4) is 0 Å². The van der Waals surface area contributed by atoms with Gasteiger partial charge < -0.3 is 4.74 Å². The van der Waals surface area contributed by atoms with Crippen LogP contribution < -0.4 is 0 Å². The van der Waals surface area contributed by atoms with Crippen LogP contribution in [-0.4, -0.2) is 28.1 Å². The Morgan fingerprint density at radius 2 is 2.12 bits per heavy atom. The second kappa shape index (κ2) is 6.25. The highest BCUT2D eigenvalue weighted by atomic mass is 16.5. The number of nitrogens with zero attached hydrogens (tertiary/aromatic N) is 3. The monoisotopic (exact) mass is 225 g/mol. The molecule has 0 bridgehead atoms. The number of aryl methyl sites for hydroxylation is 1. The SMILES string of the molecule is CCCCCn1nnc(C(=O)OC)c1CC. The van der Waals surface area contributed by atoms with Gasteiger partial charge in [-0.1, -0.05) is 31.9 Å². The summed E-state index contributed by atoms with van der Waals surface area (Å²) < 4.78 is 6.47. The van der Waals surface area contributed by atoms with Crippen molar-refractivity contribution in [2.24, 2.45) is 0 Å². The molecule has 16 heavy (non-hydrogen) atoms. The number of methoxy groups -OCH3 is 1. The van der Waals surface area contributed by atoms with Gasteiger partial charge in [-0.25, -0.2) is 9.48 Å². The van der Waals surface area contributed by atoms with Crippen molar-refractivity contribution in [1.82, 2.24) is 15.0 Å². The Morgan fingerprint density at radius 1 is 1.38 bits per heavy atom. The first-order valence-corrected chi connectivity index (χ1v) is 5.75. The topological polar surface area (TPSA) is 57.0 Å². The number of rotatable bonds is 6. The number of esters is 1. The predicted octanol–water partition coefficient (Wildman–Crippen LogP) is 1.82. The molecule has 0 aliphatic carbocycles. The first-order valence-electron chi connectivity index (χ1n) is 5.75. The lowest BCUT2D eigenvalue weighted by Gasteiger charge is -2.04. The smallest absolute Gasteiger partial charge is 0.360 e. The van der Waals surface area contributed by atoms with E-state index in [9.17, 15) is 4.79 Å². The highest BCUT2D eigenvalue weighted by Crippen LogP contribution is 2.09. The first kappa shape index (κ1) is 12.7. The molecule has 0 fully saturated rings. The third kappa shape index (κ3) is 2.81. The van der Waals surface area contributed by atoms with Crippen LogP contribution in [0.1, 0.15) is 49.3 Å². The maximum atomic E-state index is 11.4. The fraction of sp³-hybridized carbons (Fsp3) is 0.727. The summed E-state index contributed by atoms with van der Waals surface area (Å²) in [5.41, 5.74) is 1.21. The second-order valence-electron chi connectivity index (χ2n) is 3.66. The summed E-state index contributed by atoms with van der Waals surface area (Å²) in [4.78, 5) is 11.4. The van der Waals surface area contributed by atoms with Crippen LogP contribution in [0, 0.1) is 0 Å². The van der Waals surface area contributed by atoms with Gasteiger partial charge in [-0.15, -0.1) is 5.10 Å². The Balaban J connectivity index is 2.78. The minimum Gasteiger partial charge on any atom is -0.464 e. The van der Waals surface area contributed by atoms with E-state index in [1.54, 1.807) is 0 Å². The largest absolute Gasteiger partial charge is 0.464 e. The molecule has 0 radical (unpaired) electrons. The summed E-state index contributed by atoms with van der Waals surface area (Å²) in [5.74, 6) is -0.404. The van der Waals surface area contributed by atoms with Crippen LogP contribution >= 0.6 is 0 Å². The summed E-state index contributed by atoms with van der Waals surface area (Å²) >= 11 is 0. The van der Waals surface area contributed by atoms with Gasteiger partial charge in [0.2, 0.25) is 0 Å². The van der Waals surface area contributed by atoms with Crippen molar-refractivity contribution < 1.29 is 9.53 Å². The maximum absolute atomic E-state index is 11.4. The average molecular weight is 225 g/mol. The van der Waals surface area contributed by atoms with Crippen LogP contribution in [0.15, 0.2) is 0 Å². The van der Waals surface area contributed by atoms with E-state index in [-0.39, 0.29) is 0 Å². The number of hydrogen-bond donors (Lipinski definition) is 0. The Hall–Kier alpha value is -1.39. The number of ether oxygens (including phenoxy) is 1. The molecule has 5 heteroatoms. The molecular weight excluding hydrogens is 206 g/mol. The Labute approximate surface area is 95.8 Å². The van der Waals surface area contributed by atoms with Crippen molar-refractivity contribution in [3.05, 3.63) is 11.4 Å². The van der Waals surface area contributed by atoms with Crippen LogP contribution in [0.5, 0.6) is 0 Å². The third-order valence-corrected chi connectivity index (χ3v) is 2.52. The molecule has 0 saturated carbocycles. The summed E-state index contributed by atoms with van der Waals surface area (Å²) in [7, 11) is 1.36. The minimum absolute atomic E-state index is 0.349. The van der Waals surface area contributed by atoms with Crippen LogP contribution in [-0.2, 0) is 17.7 Å². The van der Waals surface area contributed by atoms with E-state index >= 15 is 0 Å². The summed E-state index contributed by atoms with van der Waals surface area (Å²) in [5, 5.41) is 7.87. The molecule has 0 aliphatic rings. The van der Waals surface area contributed by atoms with Gasteiger partial charge in [0.15, 0.2) is 5.69 Å². The van der Waals surface area contributed by atoms with Crippen LogP contribution in [0.2, 0.25) is 0 Å². The maximum Gasteiger partial charge on any atom is 0.360 e. The molecule has 0 saturated heterocycles. The molecule has 0 amide bonds. The number of carbonyl (C=O) groups excluding carboxylic acids is 1. The van der Waals surface area contributed by atoms with Gasteiger partial charge in [0.1, 0.15) is 0 Å². The lowest BCUT2D eigenvalue weighted by molar-refractivity contribution is 0.0592. The van der Waals surface area contributed by atoms with Gasteiger partial charge >= 0.3 is 5.97 Å². The molecule has 0 atom stereocenters. The lowest BCUT2D eigenvalue weighted by Crippen LogP contribution is -2.09. The van der Waals surface area contributed by atoms with Gasteiger partial charge in [-0.2, -0.15) is 0 Å². The van der Waals surface area contributed by atoms with Gasteiger partial charge in [-0.3, -0.25) is 0 Å². The van der Waals surface area contributed by atoms with Crippen molar-refractivity contribution in [1.29, 1.82) is 0 Å². The van der Waals surface area contributed by atoms with Gasteiger partial charge in [0.25, 0.3) is 0 Å². The van der Waals surface area contributed by atoms with Crippen molar-refractivity contribution in [3.63, 3.8) is 0 Å². The van der Waals surface area contributed by atoms with Crippen LogP contribution in [0.3, 0.4) is 0 Å². The molecule has 1 aromatic rings. The van der Waals surface area contributed by atoms with Crippen molar-refractivity contribution in [2.75, 3.05) is 7.11 Å². The minimum atomic E-state index is -0.404. The molecule has 5 nitrogen and oxygen atoms in total.